The van der Waals surface area contributed by atoms with Crippen LogP contribution in [-0.4, -0.2) is 40.3 Å². The Bertz CT molecular complexity index is 609. The van der Waals surface area contributed by atoms with E-state index in [1.54, 1.807) is 13.0 Å². The standard InChI is InChI=1S/C26H42O5/c1-4-7-8-13-18-26(30,5-2)19-14-16-22-21(23(27)20-24(22)28)15-11-9-10-12-17-25(29)31-6-3/h5,9,11,14,16,21-22,24,28,30H,2,4,6-8,10,12-13,15,17-20H2,1,3H3/b11-9-,16-14+/t21-,22-,24-,26?/m1/s1. The number of carbonyl (C=O) groups is 2. The Morgan fingerprint density at radius 1 is 1.19 bits per heavy atom. The van der Waals surface area contributed by atoms with Crippen molar-refractivity contribution in [3.8, 4) is 0 Å². The molecule has 1 rings (SSSR count). The molecule has 1 unspecified atom stereocenters. The van der Waals surface area contributed by atoms with Crippen molar-refractivity contribution in [1.82, 2.24) is 0 Å². The van der Waals surface area contributed by atoms with E-state index < -0.39 is 11.7 Å². The molecule has 0 radical (unpaired) electrons. The fraction of sp³-hybridized carbons (Fsp3) is 0.692. The number of aliphatic hydroxyl groups excluding tert-OH is 1. The second kappa shape index (κ2) is 15.1. The minimum atomic E-state index is -0.938. The Balaban J connectivity index is 2.52. The quantitative estimate of drug-likeness (QED) is 0.201. The molecule has 5 nitrogen and oxygen atoms in total. The first-order chi connectivity index (χ1) is 14.9. The van der Waals surface area contributed by atoms with Crippen molar-refractivity contribution in [2.24, 2.45) is 11.8 Å². The summed E-state index contributed by atoms with van der Waals surface area (Å²) in [4.78, 5) is 23.7. The van der Waals surface area contributed by atoms with Gasteiger partial charge < -0.3 is 14.9 Å². The monoisotopic (exact) mass is 434 g/mol. The van der Waals surface area contributed by atoms with Crippen molar-refractivity contribution in [2.45, 2.75) is 96.2 Å². The van der Waals surface area contributed by atoms with Gasteiger partial charge in [-0.15, -0.1) is 6.58 Å². The van der Waals surface area contributed by atoms with Gasteiger partial charge in [-0.1, -0.05) is 63.0 Å². The number of ketones is 1. The summed E-state index contributed by atoms with van der Waals surface area (Å²) in [7, 11) is 0. The first-order valence-corrected chi connectivity index (χ1v) is 11.9. The van der Waals surface area contributed by atoms with Gasteiger partial charge in [0.15, 0.2) is 0 Å². The third kappa shape index (κ3) is 10.4. The Hall–Kier alpha value is -1.72. The fourth-order valence-corrected chi connectivity index (χ4v) is 4.06. The first-order valence-electron chi connectivity index (χ1n) is 11.9. The molecule has 0 aliphatic heterocycles. The van der Waals surface area contributed by atoms with Crippen LogP contribution in [0.25, 0.3) is 0 Å². The molecule has 0 spiro atoms. The number of esters is 1. The second-order valence-corrected chi connectivity index (χ2v) is 8.58. The summed E-state index contributed by atoms with van der Waals surface area (Å²) in [5, 5.41) is 21.1. The zero-order chi connectivity index (χ0) is 23.1. The Morgan fingerprint density at radius 2 is 1.97 bits per heavy atom. The number of ether oxygens (including phenoxy) is 1. The molecule has 0 saturated heterocycles. The maximum absolute atomic E-state index is 12.3. The Labute approximate surface area is 188 Å². The lowest BCUT2D eigenvalue weighted by molar-refractivity contribution is -0.143. The van der Waals surface area contributed by atoms with Gasteiger partial charge in [0.1, 0.15) is 5.78 Å². The molecule has 0 heterocycles. The SMILES string of the molecule is C=CC(O)(C/C=C/[C@H]1[C@H](O)CC(=O)[C@@H]1C/C=C\CCCC(=O)OCC)CCCCCC. The molecule has 4 atom stereocenters. The highest BCUT2D eigenvalue weighted by atomic mass is 16.5. The number of allylic oxidation sites excluding steroid dienone is 2. The van der Waals surface area contributed by atoms with Crippen LogP contribution in [0, 0.1) is 11.8 Å². The van der Waals surface area contributed by atoms with E-state index in [0.717, 1.165) is 38.5 Å². The minimum Gasteiger partial charge on any atom is -0.466 e. The van der Waals surface area contributed by atoms with Crippen LogP contribution >= 0.6 is 0 Å². The van der Waals surface area contributed by atoms with Gasteiger partial charge in [0, 0.05) is 24.7 Å². The number of carbonyl (C=O) groups excluding carboxylic acids is 2. The smallest absolute Gasteiger partial charge is 0.305 e. The average molecular weight is 435 g/mol. The fourth-order valence-electron chi connectivity index (χ4n) is 4.06. The van der Waals surface area contributed by atoms with Gasteiger partial charge in [-0.2, -0.15) is 0 Å². The summed E-state index contributed by atoms with van der Waals surface area (Å²) in [6, 6.07) is 0. The largest absolute Gasteiger partial charge is 0.466 e. The molecule has 0 aromatic heterocycles. The van der Waals surface area contributed by atoms with E-state index in [1.807, 2.05) is 24.3 Å². The highest BCUT2D eigenvalue weighted by Crippen LogP contribution is 2.34. The van der Waals surface area contributed by atoms with E-state index in [2.05, 4.69) is 13.5 Å². The molecule has 0 amide bonds. The van der Waals surface area contributed by atoms with Gasteiger partial charge in [0.05, 0.1) is 18.3 Å². The van der Waals surface area contributed by atoms with Gasteiger partial charge in [-0.3, -0.25) is 9.59 Å². The molecular weight excluding hydrogens is 392 g/mol. The normalized spacial score (nSPS) is 23.5. The van der Waals surface area contributed by atoms with Crippen LogP contribution in [0.15, 0.2) is 37.0 Å². The number of unbranched alkanes of at least 4 members (excludes halogenated alkanes) is 4. The van der Waals surface area contributed by atoms with Crippen molar-refractivity contribution in [1.29, 1.82) is 0 Å². The summed E-state index contributed by atoms with van der Waals surface area (Å²) in [5.41, 5.74) is -0.938. The lowest BCUT2D eigenvalue weighted by atomic mass is 9.88. The van der Waals surface area contributed by atoms with E-state index in [0.29, 0.717) is 32.3 Å². The third-order valence-corrected chi connectivity index (χ3v) is 6.02. The molecule has 1 fully saturated rings. The van der Waals surface area contributed by atoms with Gasteiger partial charge in [0.25, 0.3) is 0 Å². The van der Waals surface area contributed by atoms with Gasteiger partial charge >= 0.3 is 5.97 Å². The summed E-state index contributed by atoms with van der Waals surface area (Å²) in [6.45, 7) is 8.14. The molecule has 0 bridgehead atoms. The number of hydrogen-bond acceptors (Lipinski definition) is 5. The maximum atomic E-state index is 12.3. The zero-order valence-corrected chi connectivity index (χ0v) is 19.4. The van der Waals surface area contributed by atoms with E-state index >= 15 is 0 Å². The van der Waals surface area contributed by atoms with Crippen molar-refractivity contribution in [3.05, 3.63) is 37.0 Å². The predicted octanol–water partition coefficient (Wildman–Crippen LogP) is 5.07. The molecule has 2 N–H and O–H groups in total. The Morgan fingerprint density at radius 3 is 2.65 bits per heavy atom. The third-order valence-electron chi connectivity index (χ3n) is 6.02. The molecule has 1 saturated carbocycles. The van der Waals surface area contributed by atoms with Crippen LogP contribution in [0.4, 0.5) is 0 Å². The molecule has 0 aromatic rings. The summed E-state index contributed by atoms with van der Waals surface area (Å²) >= 11 is 0. The molecule has 31 heavy (non-hydrogen) atoms. The summed E-state index contributed by atoms with van der Waals surface area (Å²) in [5.74, 6) is -0.573. The van der Waals surface area contributed by atoms with Gasteiger partial charge in [0.2, 0.25) is 0 Å². The summed E-state index contributed by atoms with van der Waals surface area (Å²) in [6.07, 6.45) is 16.8. The second-order valence-electron chi connectivity index (χ2n) is 8.58. The zero-order valence-electron chi connectivity index (χ0n) is 19.4. The lowest BCUT2D eigenvalue weighted by Gasteiger charge is -2.23. The molecule has 5 heteroatoms. The van der Waals surface area contributed by atoms with E-state index in [-0.39, 0.29) is 30.0 Å². The topological polar surface area (TPSA) is 83.8 Å². The molecule has 176 valence electrons. The summed E-state index contributed by atoms with van der Waals surface area (Å²) < 4.78 is 4.90. The molecule has 1 aliphatic rings. The number of hydrogen-bond donors (Lipinski definition) is 2. The first kappa shape index (κ1) is 27.3. The van der Waals surface area contributed by atoms with Gasteiger partial charge in [-0.05, 0) is 39.0 Å². The maximum Gasteiger partial charge on any atom is 0.305 e. The van der Waals surface area contributed by atoms with E-state index in [4.69, 9.17) is 4.74 Å². The van der Waals surface area contributed by atoms with Crippen LogP contribution in [0.3, 0.4) is 0 Å². The molecule has 1 aliphatic carbocycles. The average Bonchev–Trinajstić information content (AvgIpc) is 3.01. The number of aliphatic hydroxyl groups is 2. The van der Waals surface area contributed by atoms with Crippen LogP contribution in [0.2, 0.25) is 0 Å². The highest BCUT2D eigenvalue weighted by Gasteiger charge is 2.39. The van der Waals surface area contributed by atoms with Crippen LogP contribution < -0.4 is 0 Å². The van der Waals surface area contributed by atoms with Crippen LogP contribution in [-0.2, 0) is 14.3 Å². The minimum absolute atomic E-state index is 0.0804. The number of Topliss-reactive ketones (excluding diaryl/α,β-unsaturated/α-hetero) is 1. The predicted molar refractivity (Wildman–Crippen MR) is 125 cm³/mol. The van der Waals surface area contributed by atoms with Crippen molar-refractivity contribution < 1.29 is 24.5 Å². The van der Waals surface area contributed by atoms with Crippen molar-refractivity contribution in [2.75, 3.05) is 6.61 Å². The molecular formula is C26H42O5. The lowest BCUT2D eigenvalue weighted by Crippen LogP contribution is -2.25. The van der Waals surface area contributed by atoms with Crippen molar-refractivity contribution >= 4 is 11.8 Å². The number of rotatable bonds is 16. The molecule has 0 aromatic carbocycles. The van der Waals surface area contributed by atoms with Crippen LogP contribution in [0.1, 0.15) is 84.5 Å². The van der Waals surface area contributed by atoms with Gasteiger partial charge in [-0.25, -0.2) is 0 Å². The van der Waals surface area contributed by atoms with Crippen LogP contribution in [0.5, 0.6) is 0 Å². The van der Waals surface area contributed by atoms with E-state index in [9.17, 15) is 19.8 Å². The Kier molecular flexibility index (Phi) is 13.3. The van der Waals surface area contributed by atoms with E-state index in [1.165, 1.54) is 0 Å². The van der Waals surface area contributed by atoms with Crippen molar-refractivity contribution in [3.63, 3.8) is 0 Å². The highest BCUT2D eigenvalue weighted by molar-refractivity contribution is 5.84.